The Bertz CT molecular complexity index is 1330. The number of thioether (sulfide) groups is 1. The van der Waals surface area contributed by atoms with E-state index in [0.29, 0.717) is 33.6 Å². The number of likely N-dealkylation sites (N-methyl/N-ethyl adjacent to an activating group) is 1. The number of nitrogens with zero attached hydrogens (tertiary/aromatic N) is 3. The van der Waals surface area contributed by atoms with E-state index in [2.05, 4.69) is 4.99 Å². The average Bonchev–Trinajstić information content (AvgIpc) is 3.28. The lowest BCUT2D eigenvalue weighted by Crippen LogP contribution is -2.28. The number of methoxy groups -OCH3 is 1. The predicted octanol–water partition coefficient (Wildman–Crippen LogP) is 5.64. The highest BCUT2D eigenvalue weighted by atomic mass is 32.2. The Kier molecular flexibility index (Phi) is 6.70. The van der Waals surface area contributed by atoms with Gasteiger partial charge >= 0.3 is 5.97 Å². The molecule has 0 spiro atoms. The maximum atomic E-state index is 13.2. The number of aryl methyl sites for hydroxylation is 1. The molecule has 3 aromatic rings. The first-order valence-corrected chi connectivity index (χ1v) is 11.6. The summed E-state index contributed by atoms with van der Waals surface area (Å²) in [4.78, 5) is 32.1. The summed E-state index contributed by atoms with van der Waals surface area (Å²) in [5.41, 5.74) is 4.43. The van der Waals surface area contributed by atoms with Gasteiger partial charge < -0.3 is 9.30 Å². The van der Waals surface area contributed by atoms with Gasteiger partial charge in [-0.1, -0.05) is 12.1 Å². The minimum Gasteiger partial charge on any atom is -0.465 e. The SMILES string of the molecule is CCN1C(=O)/C(=C\c2cc(C)n(-c3ccccc3C(=O)OC)c2C)SC1=Nc1ccc(F)cc1. The van der Waals surface area contributed by atoms with Gasteiger partial charge in [-0.25, -0.2) is 14.2 Å². The van der Waals surface area contributed by atoms with Crippen LogP contribution >= 0.6 is 11.8 Å². The zero-order valence-electron chi connectivity index (χ0n) is 19.3. The number of para-hydroxylation sites is 1. The number of ether oxygens (including phenoxy) is 1. The van der Waals surface area contributed by atoms with Crippen LogP contribution in [0.2, 0.25) is 0 Å². The molecule has 8 heteroatoms. The van der Waals surface area contributed by atoms with Gasteiger partial charge in [-0.3, -0.25) is 9.69 Å². The molecule has 0 atom stereocenters. The third kappa shape index (κ3) is 4.41. The van der Waals surface area contributed by atoms with Gasteiger partial charge in [-0.2, -0.15) is 0 Å². The van der Waals surface area contributed by atoms with E-state index in [9.17, 15) is 14.0 Å². The van der Waals surface area contributed by atoms with Crippen molar-refractivity contribution in [3.05, 3.63) is 87.8 Å². The number of amides is 1. The summed E-state index contributed by atoms with van der Waals surface area (Å²) in [6.07, 6.45) is 1.85. The lowest BCUT2D eigenvalue weighted by molar-refractivity contribution is -0.122. The quantitative estimate of drug-likeness (QED) is 0.352. The van der Waals surface area contributed by atoms with Crippen molar-refractivity contribution in [1.29, 1.82) is 0 Å². The Balaban J connectivity index is 1.73. The predicted molar refractivity (Wildman–Crippen MR) is 133 cm³/mol. The number of halogens is 1. The molecule has 2 heterocycles. The molecule has 2 aromatic carbocycles. The molecule has 0 radical (unpaired) electrons. The highest BCUT2D eigenvalue weighted by Crippen LogP contribution is 2.35. The minimum atomic E-state index is -0.412. The number of hydrogen-bond donors (Lipinski definition) is 0. The number of hydrogen-bond acceptors (Lipinski definition) is 5. The minimum absolute atomic E-state index is 0.131. The maximum absolute atomic E-state index is 13.2. The third-order valence-electron chi connectivity index (χ3n) is 5.56. The van der Waals surface area contributed by atoms with Crippen molar-refractivity contribution in [3.63, 3.8) is 0 Å². The van der Waals surface area contributed by atoms with Gasteiger partial charge in [-0.05, 0) is 86.6 Å². The fraction of sp³-hybridized carbons (Fsp3) is 0.192. The van der Waals surface area contributed by atoms with Gasteiger partial charge in [0.05, 0.1) is 29.0 Å². The largest absolute Gasteiger partial charge is 0.465 e. The smallest absolute Gasteiger partial charge is 0.339 e. The number of aromatic nitrogens is 1. The average molecular weight is 478 g/mol. The van der Waals surface area contributed by atoms with E-state index in [1.165, 1.54) is 31.0 Å². The molecule has 1 aliphatic heterocycles. The highest BCUT2D eigenvalue weighted by Gasteiger charge is 2.32. The van der Waals surface area contributed by atoms with Crippen molar-refractivity contribution in [2.75, 3.05) is 13.7 Å². The van der Waals surface area contributed by atoms with Crippen LogP contribution in [0.15, 0.2) is 64.5 Å². The van der Waals surface area contributed by atoms with E-state index >= 15 is 0 Å². The molecule has 1 amide bonds. The molecule has 1 aromatic heterocycles. The van der Waals surface area contributed by atoms with Gasteiger partial charge in [-0.15, -0.1) is 0 Å². The van der Waals surface area contributed by atoms with Crippen molar-refractivity contribution < 1.29 is 18.7 Å². The standard InChI is InChI=1S/C26H24FN3O3S/c1-5-29-24(31)23(34-26(29)28-20-12-10-19(27)11-13-20)15-18-14-16(2)30(17(18)3)22-9-7-6-8-21(22)25(32)33-4/h6-15H,5H2,1-4H3/b23-15+,28-26?. The molecule has 174 valence electrons. The van der Waals surface area contributed by atoms with Crippen LogP contribution in [0.5, 0.6) is 0 Å². The highest BCUT2D eigenvalue weighted by molar-refractivity contribution is 8.18. The summed E-state index contributed by atoms with van der Waals surface area (Å²) in [5.74, 6) is -0.881. The Morgan fingerprint density at radius 1 is 1.15 bits per heavy atom. The molecule has 0 bridgehead atoms. The monoisotopic (exact) mass is 477 g/mol. The summed E-state index contributed by atoms with van der Waals surface area (Å²) >= 11 is 1.29. The van der Waals surface area contributed by atoms with Crippen LogP contribution in [0.25, 0.3) is 11.8 Å². The fourth-order valence-electron chi connectivity index (χ4n) is 3.89. The van der Waals surface area contributed by atoms with Crippen molar-refractivity contribution in [1.82, 2.24) is 9.47 Å². The van der Waals surface area contributed by atoms with Gasteiger partial charge in [0.25, 0.3) is 5.91 Å². The summed E-state index contributed by atoms with van der Waals surface area (Å²) in [6.45, 7) is 6.25. The first kappa shape index (κ1) is 23.5. The summed E-state index contributed by atoms with van der Waals surface area (Å²) in [6, 6.07) is 15.1. The molecule has 0 N–H and O–H groups in total. The number of rotatable bonds is 5. The molecule has 6 nitrogen and oxygen atoms in total. The Labute approximate surface area is 201 Å². The zero-order chi connectivity index (χ0) is 24.4. The summed E-state index contributed by atoms with van der Waals surface area (Å²) in [7, 11) is 1.36. The van der Waals surface area contributed by atoms with Crippen molar-refractivity contribution >= 4 is 40.6 Å². The number of benzene rings is 2. The van der Waals surface area contributed by atoms with E-state index in [0.717, 1.165) is 17.0 Å². The molecule has 0 unspecified atom stereocenters. The van der Waals surface area contributed by atoms with E-state index in [1.54, 1.807) is 29.2 Å². The number of carbonyl (C=O) groups is 2. The lowest BCUT2D eigenvalue weighted by Gasteiger charge is -2.13. The van der Waals surface area contributed by atoms with Crippen LogP contribution < -0.4 is 0 Å². The molecule has 1 aliphatic rings. The zero-order valence-corrected chi connectivity index (χ0v) is 20.1. The normalized spacial score (nSPS) is 16.0. The number of aliphatic imine (C=N–C) groups is 1. The Morgan fingerprint density at radius 2 is 1.85 bits per heavy atom. The first-order chi connectivity index (χ1) is 16.3. The second-order valence-corrected chi connectivity index (χ2v) is 8.71. The molecule has 1 saturated heterocycles. The summed E-state index contributed by atoms with van der Waals surface area (Å²) in [5, 5.41) is 0.551. The number of carbonyl (C=O) groups excluding carboxylic acids is 2. The Morgan fingerprint density at radius 3 is 2.53 bits per heavy atom. The van der Waals surface area contributed by atoms with Gasteiger partial charge in [0.1, 0.15) is 5.82 Å². The second-order valence-electron chi connectivity index (χ2n) is 7.70. The summed E-state index contributed by atoms with van der Waals surface area (Å²) < 4.78 is 20.2. The molecular formula is C26H24FN3O3S. The molecule has 1 fully saturated rings. The van der Waals surface area contributed by atoms with Gasteiger partial charge in [0.15, 0.2) is 5.17 Å². The van der Waals surface area contributed by atoms with Crippen molar-refractivity contribution in [2.24, 2.45) is 4.99 Å². The molecule has 34 heavy (non-hydrogen) atoms. The Hall–Kier alpha value is -3.65. The van der Waals surface area contributed by atoms with Gasteiger partial charge in [0.2, 0.25) is 0 Å². The third-order valence-corrected chi connectivity index (χ3v) is 6.57. The molecular weight excluding hydrogens is 453 g/mol. The van der Waals surface area contributed by atoms with Crippen molar-refractivity contribution in [2.45, 2.75) is 20.8 Å². The number of esters is 1. The van der Waals surface area contributed by atoms with Gasteiger partial charge in [0, 0.05) is 17.9 Å². The molecule has 4 rings (SSSR count). The number of amidine groups is 1. The van der Waals surface area contributed by atoms with Crippen LogP contribution in [-0.4, -0.2) is 40.2 Å². The van der Waals surface area contributed by atoms with Crippen LogP contribution in [-0.2, 0) is 9.53 Å². The second kappa shape index (κ2) is 9.69. The van der Waals surface area contributed by atoms with E-state index in [4.69, 9.17) is 4.74 Å². The maximum Gasteiger partial charge on any atom is 0.339 e. The van der Waals surface area contributed by atoms with Crippen LogP contribution in [0.1, 0.15) is 34.2 Å². The fourth-order valence-corrected chi connectivity index (χ4v) is 4.95. The van der Waals surface area contributed by atoms with Crippen LogP contribution in [0, 0.1) is 19.7 Å². The van der Waals surface area contributed by atoms with Crippen LogP contribution in [0.4, 0.5) is 10.1 Å². The van der Waals surface area contributed by atoms with Crippen molar-refractivity contribution in [3.8, 4) is 5.69 Å². The van der Waals surface area contributed by atoms with Crippen LogP contribution in [0.3, 0.4) is 0 Å². The van der Waals surface area contributed by atoms with E-state index < -0.39 is 5.97 Å². The topological polar surface area (TPSA) is 63.9 Å². The van der Waals surface area contributed by atoms with E-state index in [-0.39, 0.29) is 11.7 Å². The van der Waals surface area contributed by atoms with E-state index in [1.807, 2.05) is 49.6 Å². The molecule has 0 aliphatic carbocycles. The lowest BCUT2D eigenvalue weighted by atomic mass is 10.1. The molecule has 0 saturated carbocycles. The first-order valence-electron chi connectivity index (χ1n) is 10.8.